The van der Waals surface area contributed by atoms with Gasteiger partial charge in [-0.1, -0.05) is 53.5 Å². The van der Waals surface area contributed by atoms with Gasteiger partial charge in [0, 0.05) is 21.8 Å². The maximum absolute atomic E-state index is 14.0. The summed E-state index contributed by atoms with van der Waals surface area (Å²) in [5, 5.41) is 1.06. The lowest BCUT2D eigenvalue weighted by atomic mass is 9.94. The van der Waals surface area contributed by atoms with E-state index >= 15 is 0 Å². The van der Waals surface area contributed by atoms with Crippen molar-refractivity contribution < 1.29 is 8.42 Å². The van der Waals surface area contributed by atoms with Crippen molar-refractivity contribution in [3.8, 4) is 0 Å². The monoisotopic (exact) mass is 511 g/mol. The Morgan fingerprint density at radius 2 is 1.24 bits per heavy atom. The normalized spacial score (nSPS) is 17.5. The number of nitrogen functional groups attached to an aromatic ring is 1. The van der Waals surface area contributed by atoms with Crippen molar-refractivity contribution >= 4 is 44.7 Å². The molecule has 2 heterocycles. The lowest BCUT2D eigenvalue weighted by Gasteiger charge is -2.29. The summed E-state index contributed by atoms with van der Waals surface area (Å²) < 4.78 is 30.9. The molecule has 0 amide bonds. The lowest BCUT2D eigenvalue weighted by molar-refractivity contribution is 0.529. The van der Waals surface area contributed by atoms with E-state index in [0.717, 1.165) is 5.56 Å². The third-order valence-corrected chi connectivity index (χ3v) is 8.19. The van der Waals surface area contributed by atoms with E-state index in [4.69, 9.17) is 28.9 Å². The highest BCUT2D eigenvalue weighted by molar-refractivity contribution is 7.92. The molecular weight excluding hydrogens is 493 g/mol. The second-order valence-corrected chi connectivity index (χ2v) is 10.6. The Hall–Kier alpha value is -3.26. The van der Waals surface area contributed by atoms with E-state index in [-0.39, 0.29) is 16.3 Å². The molecule has 0 spiro atoms. The molecule has 9 heteroatoms. The predicted octanol–water partition coefficient (Wildman–Crippen LogP) is 5.28. The molecule has 0 radical (unpaired) electrons. The Balaban J connectivity index is 1.81. The number of fused-ring (bicyclic) bond motifs is 1. The summed E-state index contributed by atoms with van der Waals surface area (Å²) in [7, 11) is -4.08. The number of halogens is 2. The molecule has 5 rings (SSSR count). The number of hydrogen-bond acceptors (Lipinski definition) is 4. The molecule has 0 aliphatic carbocycles. The van der Waals surface area contributed by atoms with Gasteiger partial charge in [-0.25, -0.2) is 12.7 Å². The van der Waals surface area contributed by atoms with Crippen molar-refractivity contribution in [2.24, 2.45) is 0 Å². The molecule has 1 aliphatic heterocycles. The third kappa shape index (κ3) is 3.76. The van der Waals surface area contributed by atoms with Gasteiger partial charge < -0.3 is 5.73 Å². The summed E-state index contributed by atoms with van der Waals surface area (Å²) in [4.78, 5) is 13.2. The number of nitrogens with zero attached hydrogens (tertiary/aromatic N) is 2. The van der Waals surface area contributed by atoms with E-state index in [2.05, 4.69) is 0 Å². The number of sulfonamides is 1. The van der Waals surface area contributed by atoms with Crippen LogP contribution in [0.25, 0.3) is 0 Å². The highest BCUT2D eigenvalue weighted by Gasteiger charge is 2.46. The second-order valence-electron chi connectivity index (χ2n) is 7.95. The third-order valence-electron chi connectivity index (χ3n) is 5.88. The van der Waals surface area contributed by atoms with Gasteiger partial charge in [-0.05, 0) is 65.7 Å². The fourth-order valence-corrected chi connectivity index (χ4v) is 6.25. The molecule has 172 valence electrons. The number of benzene rings is 3. The van der Waals surface area contributed by atoms with Crippen molar-refractivity contribution in [3.05, 3.63) is 123 Å². The minimum absolute atomic E-state index is 0.0697. The Kier molecular flexibility index (Phi) is 5.64. The van der Waals surface area contributed by atoms with E-state index in [0.29, 0.717) is 21.3 Å². The molecule has 6 nitrogen and oxygen atoms in total. The van der Waals surface area contributed by atoms with Crippen LogP contribution in [-0.2, 0) is 10.0 Å². The number of nitrogens with two attached hydrogens (primary N) is 1. The molecular formula is C25H19Cl2N3O3S. The summed E-state index contributed by atoms with van der Waals surface area (Å²) >= 11 is 12.2. The standard InChI is InChI=1S/C25H19Cl2N3O3S/c26-18-8-4-16(5-9-18)24-25(17-6-10-19(27)11-7-17)30(22-2-1-3-23(31)29(22)24)34(32,33)21-14-12-20(28)13-15-21/h1-15,24-25H,28H2/t24-,25+/m0/s1. The average molecular weight is 512 g/mol. The van der Waals surface area contributed by atoms with Gasteiger partial charge in [0.25, 0.3) is 15.6 Å². The van der Waals surface area contributed by atoms with Crippen molar-refractivity contribution in [2.75, 3.05) is 10.0 Å². The van der Waals surface area contributed by atoms with Crippen molar-refractivity contribution in [1.82, 2.24) is 4.57 Å². The zero-order valence-electron chi connectivity index (χ0n) is 17.7. The number of rotatable bonds is 4. The first-order valence-corrected chi connectivity index (χ1v) is 12.6. The van der Waals surface area contributed by atoms with Crippen LogP contribution in [0.5, 0.6) is 0 Å². The average Bonchev–Trinajstić information content (AvgIpc) is 3.18. The molecule has 0 unspecified atom stereocenters. The highest BCUT2D eigenvalue weighted by atomic mass is 35.5. The SMILES string of the molecule is Nc1ccc(S(=O)(=O)N2c3cccc(=O)n3[C@@H](c3ccc(Cl)cc3)[C@H]2c2ccc(Cl)cc2)cc1. The largest absolute Gasteiger partial charge is 0.399 e. The minimum Gasteiger partial charge on any atom is -0.399 e. The Bertz CT molecular complexity index is 1520. The van der Waals surface area contributed by atoms with Crippen LogP contribution < -0.4 is 15.6 Å². The van der Waals surface area contributed by atoms with Crippen molar-refractivity contribution in [1.29, 1.82) is 0 Å². The van der Waals surface area contributed by atoms with E-state index in [9.17, 15) is 13.2 Å². The van der Waals surface area contributed by atoms with Gasteiger partial charge in [0.05, 0.1) is 17.0 Å². The fourth-order valence-electron chi connectivity index (χ4n) is 4.36. The molecule has 1 aliphatic rings. The number of aromatic nitrogens is 1. The first-order valence-electron chi connectivity index (χ1n) is 10.4. The molecule has 0 bridgehead atoms. The molecule has 1 aromatic heterocycles. The quantitative estimate of drug-likeness (QED) is 0.377. The highest BCUT2D eigenvalue weighted by Crippen LogP contribution is 2.49. The van der Waals surface area contributed by atoms with E-state index in [1.54, 1.807) is 60.7 Å². The van der Waals surface area contributed by atoms with Crippen LogP contribution in [0.4, 0.5) is 11.5 Å². The zero-order chi connectivity index (χ0) is 24.0. The Labute approximate surface area is 206 Å². The molecule has 0 saturated heterocycles. The van der Waals surface area contributed by atoms with E-state index < -0.39 is 22.1 Å². The summed E-state index contributed by atoms with van der Waals surface area (Å²) in [5.41, 5.74) is 7.35. The van der Waals surface area contributed by atoms with Gasteiger partial charge in [0.2, 0.25) is 0 Å². The number of pyridine rings is 1. The van der Waals surface area contributed by atoms with Crippen LogP contribution in [0.1, 0.15) is 23.2 Å². The van der Waals surface area contributed by atoms with Gasteiger partial charge in [-0.3, -0.25) is 9.36 Å². The maximum Gasteiger partial charge on any atom is 0.266 e. The summed E-state index contributed by atoms with van der Waals surface area (Å²) in [6.45, 7) is 0. The number of anilines is 2. The predicted molar refractivity (Wildman–Crippen MR) is 135 cm³/mol. The molecule has 3 aromatic carbocycles. The zero-order valence-corrected chi connectivity index (χ0v) is 20.0. The van der Waals surface area contributed by atoms with Crippen LogP contribution in [0.3, 0.4) is 0 Å². The molecule has 0 saturated carbocycles. The van der Waals surface area contributed by atoms with Crippen LogP contribution in [0.2, 0.25) is 10.0 Å². The smallest absolute Gasteiger partial charge is 0.266 e. The van der Waals surface area contributed by atoms with Crippen molar-refractivity contribution in [3.63, 3.8) is 0 Å². The minimum atomic E-state index is -4.08. The lowest BCUT2D eigenvalue weighted by Crippen LogP contribution is -2.33. The van der Waals surface area contributed by atoms with Gasteiger partial charge in [0.1, 0.15) is 5.82 Å². The fraction of sp³-hybridized carbons (Fsp3) is 0.0800. The van der Waals surface area contributed by atoms with Gasteiger partial charge in [-0.2, -0.15) is 0 Å². The Morgan fingerprint density at radius 3 is 1.79 bits per heavy atom. The summed E-state index contributed by atoms with van der Waals surface area (Å²) in [6.07, 6.45) is 0. The van der Waals surface area contributed by atoms with Crippen LogP contribution in [0, 0.1) is 0 Å². The molecule has 0 fully saturated rings. The molecule has 4 aromatic rings. The first kappa shape index (κ1) is 22.5. The topological polar surface area (TPSA) is 85.4 Å². The summed E-state index contributed by atoms with van der Waals surface area (Å²) in [5.74, 6) is 0.268. The second kappa shape index (κ2) is 8.51. The van der Waals surface area contributed by atoms with Crippen LogP contribution >= 0.6 is 23.2 Å². The Morgan fingerprint density at radius 1 is 0.706 bits per heavy atom. The van der Waals surface area contributed by atoms with Crippen LogP contribution in [-0.4, -0.2) is 13.0 Å². The van der Waals surface area contributed by atoms with Crippen molar-refractivity contribution in [2.45, 2.75) is 17.0 Å². The van der Waals surface area contributed by atoms with E-state index in [1.807, 2.05) is 0 Å². The molecule has 2 atom stereocenters. The van der Waals surface area contributed by atoms with Crippen LogP contribution in [0.15, 0.2) is 101 Å². The molecule has 34 heavy (non-hydrogen) atoms. The summed E-state index contributed by atoms with van der Waals surface area (Å²) in [6, 6.07) is 23.2. The number of hydrogen-bond donors (Lipinski definition) is 1. The maximum atomic E-state index is 14.0. The van der Waals surface area contributed by atoms with Gasteiger partial charge in [0.15, 0.2) is 0 Å². The van der Waals surface area contributed by atoms with Gasteiger partial charge >= 0.3 is 0 Å². The molecule has 2 N–H and O–H groups in total. The van der Waals surface area contributed by atoms with Gasteiger partial charge in [-0.15, -0.1) is 0 Å². The first-order chi connectivity index (χ1) is 16.3. The van der Waals surface area contributed by atoms with E-state index in [1.165, 1.54) is 39.2 Å².